The number of amides is 1. The molecule has 0 atom stereocenters. The summed E-state index contributed by atoms with van der Waals surface area (Å²) in [6, 6.07) is 14.3. The Morgan fingerprint density at radius 1 is 1.12 bits per heavy atom. The number of hydrogen-bond acceptors (Lipinski definition) is 4. The number of para-hydroxylation sites is 2. The number of aromatic nitrogens is 1. The maximum absolute atomic E-state index is 12.4. The number of anilines is 1. The van der Waals surface area contributed by atoms with Gasteiger partial charge in [-0.05, 0) is 45.4 Å². The summed E-state index contributed by atoms with van der Waals surface area (Å²) in [6.45, 7) is 7.69. The molecule has 6 heteroatoms. The van der Waals surface area contributed by atoms with Gasteiger partial charge in [0.1, 0.15) is 5.60 Å². The number of rotatable bonds is 1. The number of aromatic amines is 1. The minimum Gasteiger partial charge on any atom is -0.442 e. The van der Waals surface area contributed by atoms with Crippen molar-refractivity contribution in [1.29, 1.82) is 0 Å². The second kappa shape index (κ2) is 5.99. The van der Waals surface area contributed by atoms with Crippen LogP contribution in [0.1, 0.15) is 26.3 Å². The Labute approximate surface area is 156 Å². The lowest BCUT2D eigenvalue weighted by Gasteiger charge is -2.23. The Morgan fingerprint density at radius 3 is 2.62 bits per heavy atom. The summed E-state index contributed by atoms with van der Waals surface area (Å²) >= 11 is 1.34. The Hall–Kier alpha value is -2.60. The molecule has 2 heterocycles. The van der Waals surface area contributed by atoms with Crippen LogP contribution in [0.3, 0.4) is 0 Å². The maximum Gasteiger partial charge on any atom is 0.440 e. The molecule has 3 aromatic rings. The Morgan fingerprint density at radius 2 is 1.88 bits per heavy atom. The molecule has 0 aliphatic carbocycles. The van der Waals surface area contributed by atoms with Gasteiger partial charge in [-0.15, -0.1) is 0 Å². The molecule has 4 rings (SSSR count). The van der Waals surface area contributed by atoms with Crippen LogP contribution in [0.25, 0.3) is 22.2 Å². The number of benzene rings is 2. The first kappa shape index (κ1) is 16.8. The van der Waals surface area contributed by atoms with E-state index in [1.54, 1.807) is 0 Å². The van der Waals surface area contributed by atoms with Crippen LogP contribution < -0.4 is 5.43 Å². The molecule has 5 nitrogen and oxygen atoms in total. The van der Waals surface area contributed by atoms with E-state index in [9.17, 15) is 4.79 Å². The van der Waals surface area contributed by atoms with Crippen LogP contribution in [0.5, 0.6) is 0 Å². The normalized spacial score (nSPS) is 13.6. The second-order valence-corrected chi connectivity index (χ2v) is 8.31. The highest BCUT2D eigenvalue weighted by atomic mass is 32.2. The summed E-state index contributed by atoms with van der Waals surface area (Å²) in [4.78, 5) is 16.9. The number of fused-ring (bicyclic) bond motifs is 2. The first-order chi connectivity index (χ1) is 12.3. The standard InChI is InChI=1S/C20H21N3O2S/c1-12-13-8-5-6-10-15(13)21-17(12)14-9-7-11-16-18(14)22-23(26-16)19(24)25-20(2,3)4/h5-11,21-22H,1-4H3. The molecule has 2 N–H and O–H groups in total. The smallest absolute Gasteiger partial charge is 0.440 e. The number of carbonyl (C=O) groups excluding carboxylic acids is 1. The third-order valence-corrected chi connectivity index (χ3v) is 5.18. The Kier molecular flexibility index (Phi) is 3.88. The van der Waals surface area contributed by atoms with E-state index < -0.39 is 11.7 Å². The van der Waals surface area contributed by atoms with Crippen molar-refractivity contribution in [1.82, 2.24) is 9.40 Å². The van der Waals surface area contributed by atoms with Gasteiger partial charge in [0, 0.05) is 28.4 Å². The molecule has 26 heavy (non-hydrogen) atoms. The fourth-order valence-electron chi connectivity index (χ4n) is 3.09. The van der Waals surface area contributed by atoms with E-state index in [-0.39, 0.29) is 0 Å². The summed E-state index contributed by atoms with van der Waals surface area (Å²) in [6.07, 6.45) is -0.405. The summed E-state index contributed by atoms with van der Waals surface area (Å²) in [5, 5.41) is 1.20. The molecule has 0 radical (unpaired) electrons. The van der Waals surface area contributed by atoms with Gasteiger partial charge in [-0.3, -0.25) is 5.43 Å². The van der Waals surface area contributed by atoms with Crippen molar-refractivity contribution in [3.8, 4) is 11.3 Å². The van der Waals surface area contributed by atoms with Gasteiger partial charge in [-0.1, -0.05) is 30.3 Å². The highest BCUT2D eigenvalue weighted by molar-refractivity contribution is 7.98. The van der Waals surface area contributed by atoms with Gasteiger partial charge in [-0.2, -0.15) is 4.41 Å². The molecule has 134 valence electrons. The number of hydrazine groups is 1. The fourth-order valence-corrected chi connectivity index (χ4v) is 3.92. The van der Waals surface area contributed by atoms with Crippen molar-refractivity contribution in [3.63, 3.8) is 0 Å². The average molecular weight is 367 g/mol. The van der Waals surface area contributed by atoms with Crippen molar-refractivity contribution in [2.45, 2.75) is 38.2 Å². The number of hydrogen-bond donors (Lipinski definition) is 2. The lowest BCUT2D eigenvalue weighted by Crippen LogP contribution is -2.34. The van der Waals surface area contributed by atoms with E-state index in [0.29, 0.717) is 0 Å². The van der Waals surface area contributed by atoms with E-state index in [2.05, 4.69) is 35.5 Å². The fraction of sp³-hybridized carbons (Fsp3) is 0.250. The molecule has 1 amide bonds. The zero-order chi connectivity index (χ0) is 18.5. The zero-order valence-corrected chi connectivity index (χ0v) is 16.0. The predicted molar refractivity (Wildman–Crippen MR) is 106 cm³/mol. The summed E-state index contributed by atoms with van der Waals surface area (Å²) in [5.74, 6) is 0. The van der Waals surface area contributed by atoms with E-state index in [1.165, 1.54) is 27.3 Å². The van der Waals surface area contributed by atoms with Crippen LogP contribution in [0, 0.1) is 6.92 Å². The maximum atomic E-state index is 12.4. The predicted octanol–water partition coefficient (Wildman–Crippen LogP) is 5.73. The number of ether oxygens (including phenoxy) is 1. The lowest BCUT2D eigenvalue weighted by molar-refractivity contribution is 0.0434. The number of nitrogens with one attached hydrogen (secondary N) is 2. The Balaban J connectivity index is 1.71. The molecule has 2 aromatic carbocycles. The van der Waals surface area contributed by atoms with Crippen LogP contribution >= 0.6 is 11.9 Å². The van der Waals surface area contributed by atoms with Gasteiger partial charge in [0.05, 0.1) is 16.3 Å². The zero-order valence-electron chi connectivity index (χ0n) is 15.2. The second-order valence-electron chi connectivity index (χ2n) is 7.33. The quantitative estimate of drug-likeness (QED) is 0.539. The largest absolute Gasteiger partial charge is 0.442 e. The SMILES string of the molecule is Cc1c(-c2cccc3c2NN(C(=O)OC(C)(C)C)S3)[nH]c2ccccc12. The molecule has 0 fully saturated rings. The monoisotopic (exact) mass is 367 g/mol. The molecule has 1 aliphatic rings. The average Bonchev–Trinajstić information content (AvgIpc) is 3.15. The first-order valence-corrected chi connectivity index (χ1v) is 9.29. The van der Waals surface area contributed by atoms with Gasteiger partial charge in [0.2, 0.25) is 0 Å². The highest BCUT2D eigenvalue weighted by Crippen LogP contribution is 2.45. The first-order valence-electron chi connectivity index (χ1n) is 8.52. The molecular weight excluding hydrogens is 346 g/mol. The van der Waals surface area contributed by atoms with Crippen molar-refractivity contribution in [2.24, 2.45) is 0 Å². The van der Waals surface area contributed by atoms with Gasteiger partial charge < -0.3 is 9.72 Å². The van der Waals surface area contributed by atoms with Crippen molar-refractivity contribution in [2.75, 3.05) is 5.43 Å². The molecule has 0 bridgehead atoms. The molecule has 0 spiro atoms. The van der Waals surface area contributed by atoms with E-state index in [0.717, 1.165) is 27.4 Å². The van der Waals surface area contributed by atoms with Gasteiger partial charge >= 0.3 is 6.09 Å². The third-order valence-electron chi connectivity index (χ3n) is 4.22. The number of nitrogens with zero attached hydrogens (tertiary/aromatic N) is 1. The van der Waals surface area contributed by atoms with Crippen LogP contribution in [-0.2, 0) is 4.74 Å². The van der Waals surface area contributed by atoms with E-state index in [1.807, 2.05) is 45.0 Å². The van der Waals surface area contributed by atoms with Gasteiger partial charge in [0.25, 0.3) is 0 Å². The molecule has 1 aliphatic heterocycles. The van der Waals surface area contributed by atoms with Crippen molar-refractivity contribution >= 4 is 34.6 Å². The van der Waals surface area contributed by atoms with Crippen LogP contribution in [-0.4, -0.2) is 21.1 Å². The number of carbonyl (C=O) groups is 1. The minimum absolute atomic E-state index is 0.405. The third kappa shape index (κ3) is 2.90. The topological polar surface area (TPSA) is 57.4 Å². The van der Waals surface area contributed by atoms with Crippen LogP contribution in [0.2, 0.25) is 0 Å². The summed E-state index contributed by atoms with van der Waals surface area (Å²) in [5.41, 5.74) is 7.96. The molecule has 0 unspecified atom stereocenters. The van der Waals surface area contributed by atoms with Crippen molar-refractivity contribution in [3.05, 3.63) is 48.0 Å². The van der Waals surface area contributed by atoms with Gasteiger partial charge in [0.15, 0.2) is 0 Å². The molecule has 0 saturated heterocycles. The van der Waals surface area contributed by atoms with Gasteiger partial charge in [-0.25, -0.2) is 4.79 Å². The van der Waals surface area contributed by atoms with Crippen LogP contribution in [0.4, 0.5) is 10.5 Å². The van der Waals surface area contributed by atoms with Crippen molar-refractivity contribution < 1.29 is 9.53 Å². The molecule has 0 saturated carbocycles. The number of aryl methyl sites for hydroxylation is 1. The van der Waals surface area contributed by atoms with Crippen LogP contribution in [0.15, 0.2) is 47.4 Å². The lowest BCUT2D eigenvalue weighted by atomic mass is 10.0. The summed E-state index contributed by atoms with van der Waals surface area (Å²) in [7, 11) is 0. The van der Waals surface area contributed by atoms with E-state index in [4.69, 9.17) is 4.74 Å². The summed E-state index contributed by atoms with van der Waals surface area (Å²) < 4.78 is 6.91. The minimum atomic E-state index is -0.537. The Bertz CT molecular complexity index is 1000. The molecular formula is C20H21N3O2S. The number of H-pyrrole nitrogens is 1. The highest BCUT2D eigenvalue weighted by Gasteiger charge is 2.31. The van der Waals surface area contributed by atoms with E-state index >= 15 is 0 Å². The molecule has 1 aromatic heterocycles.